The Hall–Kier alpha value is -1.72. The van der Waals surface area contributed by atoms with Crippen LogP contribution in [0.2, 0.25) is 0 Å². The van der Waals surface area contributed by atoms with E-state index in [1.54, 1.807) is 13.2 Å². The number of nitrogens with zero attached hydrogens (tertiary/aromatic N) is 2. The molecule has 0 saturated carbocycles. The van der Waals surface area contributed by atoms with Gasteiger partial charge >= 0.3 is 0 Å². The van der Waals surface area contributed by atoms with Crippen molar-refractivity contribution in [2.24, 2.45) is 5.14 Å². The van der Waals surface area contributed by atoms with E-state index in [9.17, 15) is 8.42 Å². The zero-order valence-electron chi connectivity index (χ0n) is 14.6. The summed E-state index contributed by atoms with van der Waals surface area (Å²) in [5.74, 6) is 1.75. The van der Waals surface area contributed by atoms with Crippen LogP contribution in [0.4, 0.5) is 5.69 Å². The third-order valence-corrected chi connectivity index (χ3v) is 8.09. The number of fused-ring (bicyclic) bond motifs is 1. The summed E-state index contributed by atoms with van der Waals surface area (Å²) in [6.45, 7) is 2.86. The van der Waals surface area contributed by atoms with E-state index < -0.39 is 10.0 Å². The third-order valence-electron chi connectivity index (χ3n) is 4.27. The van der Waals surface area contributed by atoms with Crippen LogP contribution in [0.15, 0.2) is 44.6 Å². The molecule has 0 amide bonds. The molecule has 2 aromatic rings. The average molecular weight is 426 g/mol. The molecule has 10 heteroatoms. The van der Waals surface area contributed by atoms with Crippen molar-refractivity contribution in [3.8, 4) is 5.75 Å². The Labute approximate surface area is 166 Å². The van der Waals surface area contributed by atoms with Crippen LogP contribution < -0.4 is 14.2 Å². The lowest BCUT2D eigenvalue weighted by Crippen LogP contribution is -2.40. The van der Waals surface area contributed by atoms with Gasteiger partial charge in [-0.05, 0) is 24.3 Å². The van der Waals surface area contributed by atoms with Gasteiger partial charge in [0.25, 0.3) is 0 Å². The van der Waals surface area contributed by atoms with Crippen LogP contribution in [0.3, 0.4) is 0 Å². The van der Waals surface area contributed by atoms with Crippen molar-refractivity contribution in [3.63, 3.8) is 0 Å². The fraction of sp³-hybridized carbons (Fsp3) is 0.294. The number of hydrogen-bond donors (Lipinski definition) is 1. The van der Waals surface area contributed by atoms with Crippen molar-refractivity contribution in [2.75, 3.05) is 37.7 Å². The second-order valence-electron chi connectivity index (χ2n) is 6.04. The number of ether oxygens (including phenoxy) is 2. The van der Waals surface area contributed by atoms with Gasteiger partial charge in [-0.2, -0.15) is 0 Å². The Kier molecular flexibility index (Phi) is 5.08. The van der Waals surface area contributed by atoms with Crippen LogP contribution >= 0.6 is 23.3 Å². The summed E-state index contributed by atoms with van der Waals surface area (Å²) >= 11 is 2.68. The van der Waals surface area contributed by atoms with Crippen LogP contribution in [-0.2, 0) is 14.8 Å². The van der Waals surface area contributed by atoms with E-state index in [0.717, 1.165) is 40.1 Å². The van der Waals surface area contributed by atoms with Gasteiger partial charge in [0.2, 0.25) is 10.0 Å². The zero-order valence-corrected chi connectivity index (χ0v) is 17.1. The van der Waals surface area contributed by atoms with E-state index in [0.29, 0.717) is 13.2 Å². The van der Waals surface area contributed by atoms with E-state index in [1.807, 2.05) is 30.3 Å². The minimum Gasteiger partial charge on any atom is -0.497 e. The van der Waals surface area contributed by atoms with Crippen LogP contribution in [0, 0.1) is 0 Å². The van der Waals surface area contributed by atoms with Gasteiger partial charge in [-0.1, -0.05) is 6.07 Å². The number of rotatable bonds is 4. The Bertz CT molecular complexity index is 981. The maximum absolute atomic E-state index is 11.8. The largest absolute Gasteiger partial charge is 0.497 e. The topological polar surface area (TPSA) is 85.1 Å². The Morgan fingerprint density at radius 2 is 2.00 bits per heavy atom. The Morgan fingerprint density at radius 1 is 1.22 bits per heavy atom. The number of primary sulfonamides is 1. The number of sulfonamides is 1. The van der Waals surface area contributed by atoms with Crippen molar-refractivity contribution < 1.29 is 17.9 Å². The predicted octanol–water partition coefficient (Wildman–Crippen LogP) is 2.56. The molecule has 2 aliphatic rings. The quantitative estimate of drug-likeness (QED) is 0.754. The van der Waals surface area contributed by atoms with Crippen LogP contribution in [0.25, 0.3) is 6.08 Å². The molecule has 1 saturated heterocycles. The van der Waals surface area contributed by atoms with Gasteiger partial charge < -0.3 is 14.4 Å². The number of anilines is 1. The molecule has 0 aliphatic carbocycles. The van der Waals surface area contributed by atoms with Crippen molar-refractivity contribution in [3.05, 3.63) is 41.7 Å². The molecule has 2 aliphatic heterocycles. The van der Waals surface area contributed by atoms with Gasteiger partial charge in [-0.3, -0.25) is 4.31 Å². The zero-order chi connectivity index (χ0) is 19.0. The first-order valence-electron chi connectivity index (χ1n) is 8.29. The van der Waals surface area contributed by atoms with Gasteiger partial charge in [0.15, 0.2) is 0 Å². The lowest BCUT2D eigenvalue weighted by molar-refractivity contribution is 0.0539. The molecule has 0 unspecified atom stereocenters. The molecule has 0 spiro atoms. The van der Waals surface area contributed by atoms with Gasteiger partial charge in [-0.15, -0.1) is 11.3 Å². The molecule has 0 bridgehead atoms. The van der Waals surface area contributed by atoms with E-state index in [2.05, 4.69) is 9.21 Å². The van der Waals surface area contributed by atoms with Gasteiger partial charge in [0.1, 0.15) is 15.8 Å². The van der Waals surface area contributed by atoms with Crippen molar-refractivity contribution >= 4 is 45.1 Å². The first kappa shape index (κ1) is 18.6. The van der Waals surface area contributed by atoms with E-state index in [1.165, 1.54) is 23.3 Å². The molecule has 0 radical (unpaired) electrons. The molecular weight excluding hydrogens is 406 g/mol. The normalized spacial score (nSPS) is 17.5. The monoisotopic (exact) mass is 425 g/mol. The molecule has 1 fully saturated rings. The number of hydrogen-bond acceptors (Lipinski definition) is 8. The summed E-state index contributed by atoms with van der Waals surface area (Å²) in [4.78, 5) is 2.24. The third kappa shape index (κ3) is 3.81. The lowest BCUT2D eigenvalue weighted by atomic mass is 10.2. The van der Waals surface area contributed by atoms with Crippen LogP contribution in [-0.4, -0.2) is 46.7 Å². The molecule has 1 aromatic heterocycles. The second kappa shape index (κ2) is 7.36. The molecule has 7 nitrogen and oxygen atoms in total. The van der Waals surface area contributed by atoms with E-state index in [-0.39, 0.29) is 4.21 Å². The number of benzene rings is 1. The number of nitrogens with two attached hydrogens (primary N) is 1. The highest BCUT2D eigenvalue weighted by molar-refractivity contribution is 8.03. The SMILES string of the molecule is COc1cccc(N2Sc3sc(S(N)(=O)=O)cc3C=C2N2CCOCC2)c1. The molecular formula is C17H19N3O4S3. The standard InChI is InChI=1S/C17H19N3O4S3/c1-23-14-4-2-3-13(11-14)20-15(19-5-7-24-8-6-19)9-12-10-16(27(18,21)22)25-17(12)26-20/h2-4,9-11H,5-8H2,1H3,(H2,18,21,22). The molecule has 27 heavy (non-hydrogen) atoms. The summed E-state index contributed by atoms with van der Waals surface area (Å²) in [7, 11) is -2.09. The maximum atomic E-state index is 11.8. The summed E-state index contributed by atoms with van der Waals surface area (Å²) in [5, 5.41) is 5.33. The highest BCUT2D eigenvalue weighted by Crippen LogP contribution is 2.46. The van der Waals surface area contributed by atoms with Gasteiger partial charge in [-0.25, -0.2) is 13.6 Å². The summed E-state index contributed by atoms with van der Waals surface area (Å²) < 4.78 is 37.5. The minimum atomic E-state index is -3.73. The summed E-state index contributed by atoms with van der Waals surface area (Å²) in [6.07, 6.45) is 2.02. The Balaban J connectivity index is 1.78. The number of thiophene rings is 1. The fourth-order valence-corrected chi connectivity index (χ4v) is 6.22. The minimum absolute atomic E-state index is 0.171. The van der Waals surface area contributed by atoms with Crippen LogP contribution in [0.1, 0.15) is 5.56 Å². The molecule has 3 heterocycles. The molecule has 1 aromatic carbocycles. The van der Waals surface area contributed by atoms with Gasteiger partial charge in [0, 0.05) is 36.7 Å². The molecule has 4 rings (SSSR count). The van der Waals surface area contributed by atoms with Crippen molar-refractivity contribution in [1.82, 2.24) is 4.90 Å². The highest BCUT2D eigenvalue weighted by Gasteiger charge is 2.29. The van der Waals surface area contributed by atoms with E-state index >= 15 is 0 Å². The highest BCUT2D eigenvalue weighted by atomic mass is 32.3. The van der Waals surface area contributed by atoms with Crippen LogP contribution in [0.5, 0.6) is 5.75 Å². The fourth-order valence-electron chi connectivity index (χ4n) is 2.94. The molecule has 2 N–H and O–H groups in total. The second-order valence-corrected chi connectivity index (χ2v) is 10.1. The van der Waals surface area contributed by atoms with Crippen molar-refractivity contribution in [1.29, 1.82) is 0 Å². The van der Waals surface area contributed by atoms with Gasteiger partial charge in [0.05, 0.1) is 30.2 Å². The smallest absolute Gasteiger partial charge is 0.247 e. The first-order valence-corrected chi connectivity index (χ1v) is 11.4. The predicted molar refractivity (Wildman–Crippen MR) is 107 cm³/mol. The molecule has 144 valence electrons. The summed E-state index contributed by atoms with van der Waals surface area (Å²) in [5.41, 5.74) is 1.82. The number of morpholine rings is 1. The van der Waals surface area contributed by atoms with E-state index in [4.69, 9.17) is 14.6 Å². The first-order chi connectivity index (χ1) is 13.0. The summed E-state index contributed by atoms with van der Waals surface area (Å²) in [6, 6.07) is 9.44. The lowest BCUT2D eigenvalue weighted by Gasteiger charge is -2.38. The average Bonchev–Trinajstić information content (AvgIpc) is 3.11. The maximum Gasteiger partial charge on any atom is 0.247 e. The number of methoxy groups -OCH3 is 1. The Morgan fingerprint density at radius 3 is 2.70 bits per heavy atom. The molecule has 0 atom stereocenters. The van der Waals surface area contributed by atoms with Crippen molar-refractivity contribution in [2.45, 2.75) is 8.42 Å².